The minimum atomic E-state index is -1.13. The van der Waals surface area contributed by atoms with Crippen LogP contribution in [0.1, 0.15) is 12.5 Å². The van der Waals surface area contributed by atoms with Gasteiger partial charge in [0, 0.05) is 5.56 Å². The summed E-state index contributed by atoms with van der Waals surface area (Å²) in [4.78, 5) is 36.1. The Labute approximate surface area is 162 Å². The zero-order valence-electron chi connectivity index (χ0n) is 14.6. The van der Waals surface area contributed by atoms with Gasteiger partial charge in [0.15, 0.2) is 6.10 Å². The Balaban J connectivity index is 1.61. The average molecular weight is 398 g/mol. The van der Waals surface area contributed by atoms with Crippen LogP contribution in [0.5, 0.6) is 0 Å². The first-order chi connectivity index (χ1) is 13.5. The van der Waals surface area contributed by atoms with E-state index in [4.69, 9.17) is 14.4 Å². The number of thiophene rings is 1. The van der Waals surface area contributed by atoms with E-state index in [2.05, 4.69) is 10.4 Å². The lowest BCUT2D eigenvalue weighted by molar-refractivity contribution is -0.154. The van der Waals surface area contributed by atoms with Gasteiger partial charge in [-0.3, -0.25) is 9.59 Å². The minimum Gasteiger partial charge on any atom is -0.451 e. The number of amides is 1. The number of benzene rings is 1. The van der Waals surface area contributed by atoms with Gasteiger partial charge in [-0.2, -0.15) is 9.94 Å². The lowest BCUT2D eigenvalue weighted by Crippen LogP contribution is -2.32. The molecule has 1 N–H and O–H groups in total. The number of hydrogen-bond acceptors (Lipinski definition) is 8. The van der Waals surface area contributed by atoms with Gasteiger partial charge < -0.3 is 14.5 Å². The summed E-state index contributed by atoms with van der Waals surface area (Å²) in [6.07, 6.45) is -1.13. The number of anilines is 1. The molecule has 0 saturated heterocycles. The molecule has 10 heteroatoms. The van der Waals surface area contributed by atoms with Crippen LogP contribution in [0.25, 0.3) is 11.5 Å². The highest BCUT2D eigenvalue weighted by Gasteiger charge is 2.21. The summed E-state index contributed by atoms with van der Waals surface area (Å²) in [6, 6.07) is 12.3. The smallest absolute Gasteiger partial charge is 0.437 e. The molecular weight excluding hydrogens is 384 g/mol. The van der Waals surface area contributed by atoms with Gasteiger partial charge in [0.05, 0.1) is 5.56 Å². The summed E-state index contributed by atoms with van der Waals surface area (Å²) < 4.78 is 10.9. The third kappa shape index (κ3) is 4.33. The van der Waals surface area contributed by atoms with Crippen LogP contribution >= 0.6 is 11.3 Å². The molecule has 2 aromatic heterocycles. The summed E-state index contributed by atoms with van der Waals surface area (Å²) in [5, 5.41) is 17.5. The first-order valence-corrected chi connectivity index (χ1v) is 8.97. The molecule has 0 aliphatic heterocycles. The van der Waals surface area contributed by atoms with E-state index in [0.717, 1.165) is 4.68 Å². The fraction of sp³-hybridized carbons (Fsp3) is 0.167. The van der Waals surface area contributed by atoms with Crippen LogP contribution in [0, 0.1) is 11.3 Å². The molecule has 0 saturated carbocycles. The highest BCUT2D eigenvalue weighted by Crippen LogP contribution is 2.22. The van der Waals surface area contributed by atoms with Crippen molar-refractivity contribution in [3.8, 4) is 17.5 Å². The molecule has 0 unspecified atom stereocenters. The van der Waals surface area contributed by atoms with E-state index in [-0.39, 0.29) is 5.89 Å². The number of carbonyl (C=O) groups is 2. The summed E-state index contributed by atoms with van der Waals surface area (Å²) in [5.41, 5.74) is 0.906. The van der Waals surface area contributed by atoms with Crippen molar-refractivity contribution in [3.63, 3.8) is 0 Å². The molecule has 0 aliphatic rings. The van der Waals surface area contributed by atoms with Crippen LogP contribution in [0.15, 0.2) is 51.0 Å². The Kier molecular flexibility index (Phi) is 5.67. The van der Waals surface area contributed by atoms with Gasteiger partial charge in [0.25, 0.3) is 5.91 Å². The van der Waals surface area contributed by atoms with Crippen molar-refractivity contribution < 1.29 is 18.7 Å². The number of ether oxygens (including phenoxy) is 1. The van der Waals surface area contributed by atoms with Crippen molar-refractivity contribution in [1.29, 1.82) is 5.26 Å². The van der Waals surface area contributed by atoms with Crippen LogP contribution in [0.3, 0.4) is 0 Å². The number of nitrogens with one attached hydrogen (secondary N) is 1. The monoisotopic (exact) mass is 398 g/mol. The first-order valence-electron chi connectivity index (χ1n) is 8.09. The molecule has 0 bridgehead atoms. The Hall–Kier alpha value is -3.71. The fourth-order valence-electron chi connectivity index (χ4n) is 2.22. The summed E-state index contributed by atoms with van der Waals surface area (Å²) >= 11 is 1.18. The van der Waals surface area contributed by atoms with Crippen LogP contribution < -0.4 is 11.1 Å². The Morgan fingerprint density at radius 3 is 2.82 bits per heavy atom. The largest absolute Gasteiger partial charge is 0.451 e. The molecule has 0 fully saturated rings. The predicted octanol–water partition coefficient (Wildman–Crippen LogP) is 2.01. The van der Waals surface area contributed by atoms with Crippen molar-refractivity contribution in [2.45, 2.75) is 19.6 Å². The van der Waals surface area contributed by atoms with Crippen molar-refractivity contribution in [2.75, 3.05) is 5.32 Å². The second-order valence-corrected chi connectivity index (χ2v) is 6.51. The molecule has 0 aliphatic carbocycles. The van der Waals surface area contributed by atoms with Gasteiger partial charge in [-0.1, -0.05) is 18.2 Å². The summed E-state index contributed by atoms with van der Waals surface area (Å²) in [6.45, 7) is 0.878. The maximum Gasteiger partial charge on any atom is 0.437 e. The van der Waals surface area contributed by atoms with Gasteiger partial charge in [-0.15, -0.1) is 16.4 Å². The number of rotatable bonds is 6. The van der Waals surface area contributed by atoms with Crippen molar-refractivity contribution >= 4 is 28.2 Å². The van der Waals surface area contributed by atoms with E-state index < -0.39 is 30.3 Å². The molecule has 1 aromatic carbocycles. The number of aromatic nitrogens is 2. The maximum absolute atomic E-state index is 12.1. The first kappa shape index (κ1) is 19.1. The van der Waals surface area contributed by atoms with Crippen molar-refractivity contribution in [3.05, 3.63) is 57.9 Å². The molecule has 9 nitrogen and oxygen atoms in total. The number of nitriles is 1. The molecule has 0 radical (unpaired) electrons. The average Bonchev–Trinajstić information content (AvgIpc) is 3.28. The van der Waals surface area contributed by atoms with Crippen LogP contribution in [-0.4, -0.2) is 27.8 Å². The molecule has 0 spiro atoms. The zero-order chi connectivity index (χ0) is 20.1. The highest BCUT2D eigenvalue weighted by molar-refractivity contribution is 7.14. The van der Waals surface area contributed by atoms with E-state index in [1.807, 2.05) is 6.07 Å². The quantitative estimate of drug-likeness (QED) is 0.629. The lowest BCUT2D eigenvalue weighted by atomic mass is 10.2. The van der Waals surface area contributed by atoms with Crippen LogP contribution in [0.2, 0.25) is 0 Å². The molecule has 1 atom stereocenters. The maximum atomic E-state index is 12.1. The number of esters is 1. The molecule has 2 heterocycles. The fourth-order valence-corrected chi connectivity index (χ4v) is 2.96. The second kappa shape index (κ2) is 8.32. The van der Waals surface area contributed by atoms with Crippen LogP contribution in [-0.2, 0) is 20.9 Å². The van der Waals surface area contributed by atoms with Gasteiger partial charge in [0.1, 0.15) is 17.6 Å². The molecule has 1 amide bonds. The highest BCUT2D eigenvalue weighted by atomic mass is 32.1. The Morgan fingerprint density at radius 2 is 2.11 bits per heavy atom. The predicted molar refractivity (Wildman–Crippen MR) is 99.4 cm³/mol. The van der Waals surface area contributed by atoms with E-state index in [9.17, 15) is 14.4 Å². The topological polar surface area (TPSA) is 127 Å². The Morgan fingerprint density at radius 1 is 1.36 bits per heavy atom. The minimum absolute atomic E-state index is 0.0749. The third-order valence-electron chi connectivity index (χ3n) is 3.61. The molecule has 3 aromatic rings. The van der Waals surface area contributed by atoms with Crippen molar-refractivity contribution in [2.24, 2.45) is 0 Å². The standard InChI is InChI=1S/C18H14N4O5S/c1-11(15(24)20-17-13(9-19)7-8-28-17)26-14(23)10-22-18(25)27-16(21-22)12-5-3-2-4-6-12/h2-8,11H,10H2,1H3,(H,20,24)/t11-/m1/s1. The zero-order valence-corrected chi connectivity index (χ0v) is 15.4. The third-order valence-corrected chi connectivity index (χ3v) is 4.44. The second-order valence-electron chi connectivity index (χ2n) is 5.59. The van der Waals surface area contributed by atoms with E-state index in [0.29, 0.717) is 16.1 Å². The van der Waals surface area contributed by atoms with Crippen molar-refractivity contribution in [1.82, 2.24) is 9.78 Å². The summed E-state index contributed by atoms with van der Waals surface area (Å²) in [7, 11) is 0. The lowest BCUT2D eigenvalue weighted by Gasteiger charge is -2.12. The SMILES string of the molecule is C[C@@H](OC(=O)Cn1nc(-c2ccccc2)oc1=O)C(=O)Nc1sccc1C#N. The van der Waals surface area contributed by atoms with Gasteiger partial charge in [-0.25, -0.2) is 4.79 Å². The van der Waals surface area contributed by atoms with Crippen LogP contribution in [0.4, 0.5) is 5.00 Å². The van der Waals surface area contributed by atoms with E-state index >= 15 is 0 Å². The number of hydrogen-bond donors (Lipinski definition) is 1. The Bertz CT molecular complexity index is 1090. The molecule has 142 valence electrons. The number of carbonyl (C=O) groups excluding carboxylic acids is 2. The normalized spacial score (nSPS) is 11.4. The molecular formula is C18H14N4O5S. The van der Waals surface area contributed by atoms with Gasteiger partial charge >= 0.3 is 11.7 Å². The summed E-state index contributed by atoms with van der Waals surface area (Å²) in [5.74, 6) is -2.16. The van der Waals surface area contributed by atoms with E-state index in [1.54, 1.807) is 41.8 Å². The van der Waals surface area contributed by atoms with Gasteiger partial charge in [-0.05, 0) is 30.5 Å². The van der Waals surface area contributed by atoms with Gasteiger partial charge in [0.2, 0.25) is 5.89 Å². The molecule has 3 rings (SSSR count). The van der Waals surface area contributed by atoms with E-state index in [1.165, 1.54) is 18.3 Å². The molecule has 28 heavy (non-hydrogen) atoms. The number of nitrogens with zero attached hydrogens (tertiary/aromatic N) is 3.